The van der Waals surface area contributed by atoms with E-state index in [2.05, 4.69) is 50.0 Å². The number of hydrogen-bond donors (Lipinski definition) is 1. The molecule has 0 radical (unpaired) electrons. The van der Waals surface area contributed by atoms with Crippen molar-refractivity contribution < 1.29 is 0 Å². The Bertz CT molecular complexity index is 468. The smallest absolute Gasteiger partial charge is 0.0471 e. The van der Waals surface area contributed by atoms with Gasteiger partial charge in [0.1, 0.15) is 0 Å². The lowest BCUT2D eigenvalue weighted by atomic mass is 9.79. The molecule has 1 aromatic rings. The first kappa shape index (κ1) is 14.7. The van der Waals surface area contributed by atoms with Gasteiger partial charge in [0.25, 0.3) is 0 Å². The number of fused-ring (bicyclic) bond motifs is 1. The molecule has 0 saturated carbocycles. The van der Waals surface area contributed by atoms with Crippen LogP contribution in [0.3, 0.4) is 0 Å². The summed E-state index contributed by atoms with van der Waals surface area (Å²) < 4.78 is 0. The van der Waals surface area contributed by atoms with E-state index in [1.54, 1.807) is 0 Å². The summed E-state index contributed by atoms with van der Waals surface area (Å²) in [7, 11) is 1.96. The first-order valence-corrected chi connectivity index (χ1v) is 7.53. The molecule has 0 aromatic heterocycles. The van der Waals surface area contributed by atoms with E-state index in [0.29, 0.717) is 5.92 Å². The van der Waals surface area contributed by atoms with E-state index in [0.717, 1.165) is 18.1 Å². The molecule has 0 fully saturated rings. The van der Waals surface area contributed by atoms with Gasteiger partial charge in [0.05, 0.1) is 0 Å². The second-order valence-electron chi connectivity index (χ2n) is 6.19. The molecule has 19 heavy (non-hydrogen) atoms. The molecule has 1 aliphatic rings. The van der Waals surface area contributed by atoms with E-state index in [4.69, 9.17) is 11.6 Å². The van der Waals surface area contributed by atoms with Crippen molar-refractivity contribution in [2.45, 2.75) is 52.1 Å². The third-order valence-corrected chi connectivity index (χ3v) is 4.59. The quantitative estimate of drug-likeness (QED) is 0.894. The lowest BCUT2D eigenvalue weighted by Gasteiger charge is -2.47. The molecular weight excluding hydrogens is 256 g/mol. The van der Waals surface area contributed by atoms with Gasteiger partial charge >= 0.3 is 0 Å². The Hall–Kier alpha value is -0.730. The van der Waals surface area contributed by atoms with Gasteiger partial charge in [-0.15, -0.1) is 0 Å². The molecule has 1 N–H and O–H groups in total. The van der Waals surface area contributed by atoms with Crippen LogP contribution in [0.2, 0.25) is 5.02 Å². The molecular formula is C16H25ClN2. The van der Waals surface area contributed by atoms with Crippen molar-refractivity contribution in [1.82, 2.24) is 5.32 Å². The molecule has 1 aliphatic heterocycles. The average Bonchev–Trinajstić information content (AvgIpc) is 2.31. The monoisotopic (exact) mass is 280 g/mol. The summed E-state index contributed by atoms with van der Waals surface area (Å²) in [5.74, 6) is 0.584. The second-order valence-corrected chi connectivity index (χ2v) is 6.60. The minimum Gasteiger partial charge on any atom is -0.366 e. The lowest BCUT2D eigenvalue weighted by Crippen LogP contribution is -2.48. The maximum absolute atomic E-state index is 6.44. The minimum absolute atomic E-state index is 0.203. The Balaban J connectivity index is 2.53. The van der Waals surface area contributed by atoms with Crippen LogP contribution in [0.15, 0.2) is 12.1 Å². The van der Waals surface area contributed by atoms with Crippen molar-refractivity contribution in [1.29, 1.82) is 0 Å². The van der Waals surface area contributed by atoms with Crippen LogP contribution in [0.4, 0.5) is 5.69 Å². The molecule has 0 amide bonds. The van der Waals surface area contributed by atoms with Crippen molar-refractivity contribution in [3.05, 3.63) is 28.3 Å². The number of rotatable bonds is 3. The first-order chi connectivity index (χ1) is 8.90. The molecule has 2 rings (SSSR count). The highest BCUT2D eigenvalue weighted by Gasteiger charge is 2.35. The SMILES string of the molecule is CCN1c2cc(Cl)c(CNC)cc2[C@H](C)CC1(C)C. The van der Waals surface area contributed by atoms with Crippen molar-refractivity contribution in [2.75, 3.05) is 18.5 Å². The maximum atomic E-state index is 6.44. The Morgan fingerprint density at radius 2 is 2.11 bits per heavy atom. The molecule has 1 heterocycles. The zero-order valence-electron chi connectivity index (χ0n) is 12.7. The highest BCUT2D eigenvalue weighted by molar-refractivity contribution is 6.31. The first-order valence-electron chi connectivity index (χ1n) is 7.15. The van der Waals surface area contributed by atoms with E-state index in [9.17, 15) is 0 Å². The molecule has 0 unspecified atom stereocenters. The third-order valence-electron chi connectivity index (χ3n) is 4.24. The fourth-order valence-electron chi connectivity index (χ4n) is 3.47. The van der Waals surface area contributed by atoms with E-state index in [1.165, 1.54) is 23.2 Å². The Labute approximate surface area is 122 Å². The standard InChI is InChI=1S/C16H25ClN2/c1-6-19-15-8-14(17)12(10-18-5)7-13(15)11(2)9-16(19,3)4/h7-8,11,18H,6,9-10H2,1-5H3/t11-/m1/s1. The fourth-order valence-corrected chi connectivity index (χ4v) is 3.70. The van der Waals surface area contributed by atoms with Gasteiger partial charge in [0, 0.05) is 29.3 Å². The molecule has 3 heteroatoms. The molecule has 0 aliphatic carbocycles. The highest BCUT2D eigenvalue weighted by atomic mass is 35.5. The Morgan fingerprint density at radius 1 is 1.42 bits per heavy atom. The zero-order chi connectivity index (χ0) is 14.2. The second kappa shape index (κ2) is 5.34. The summed E-state index contributed by atoms with van der Waals surface area (Å²) in [5.41, 5.74) is 4.16. The fraction of sp³-hybridized carbons (Fsp3) is 0.625. The predicted molar refractivity (Wildman–Crippen MR) is 84.3 cm³/mol. The minimum atomic E-state index is 0.203. The normalized spacial score (nSPS) is 21.4. The van der Waals surface area contributed by atoms with Crippen LogP contribution in [0.25, 0.3) is 0 Å². The van der Waals surface area contributed by atoms with Gasteiger partial charge in [-0.1, -0.05) is 24.6 Å². The van der Waals surface area contributed by atoms with Crippen molar-refractivity contribution in [2.24, 2.45) is 0 Å². The Kier molecular flexibility index (Phi) is 4.12. The number of hydrogen-bond acceptors (Lipinski definition) is 2. The predicted octanol–water partition coefficient (Wildman–Crippen LogP) is 4.17. The van der Waals surface area contributed by atoms with Gasteiger partial charge < -0.3 is 10.2 Å². The maximum Gasteiger partial charge on any atom is 0.0471 e. The summed E-state index contributed by atoms with van der Waals surface area (Å²) in [6.45, 7) is 11.0. The van der Waals surface area contributed by atoms with Crippen molar-refractivity contribution >= 4 is 17.3 Å². The van der Waals surface area contributed by atoms with Crippen molar-refractivity contribution in [3.8, 4) is 0 Å². The van der Waals surface area contributed by atoms with Crippen LogP contribution < -0.4 is 10.2 Å². The lowest BCUT2D eigenvalue weighted by molar-refractivity contribution is 0.381. The molecule has 0 spiro atoms. The molecule has 1 aromatic carbocycles. The van der Waals surface area contributed by atoms with Crippen LogP contribution in [0.1, 0.15) is 51.2 Å². The van der Waals surface area contributed by atoms with E-state index < -0.39 is 0 Å². The van der Waals surface area contributed by atoms with Crippen LogP contribution in [0, 0.1) is 0 Å². The zero-order valence-corrected chi connectivity index (χ0v) is 13.4. The van der Waals surface area contributed by atoms with E-state index in [-0.39, 0.29) is 5.54 Å². The largest absolute Gasteiger partial charge is 0.366 e. The van der Waals surface area contributed by atoms with Crippen LogP contribution >= 0.6 is 11.6 Å². The van der Waals surface area contributed by atoms with Crippen LogP contribution in [-0.2, 0) is 6.54 Å². The third kappa shape index (κ3) is 2.61. The average molecular weight is 281 g/mol. The molecule has 0 saturated heterocycles. The van der Waals surface area contributed by atoms with Crippen molar-refractivity contribution in [3.63, 3.8) is 0 Å². The van der Waals surface area contributed by atoms with Gasteiger partial charge in [-0.25, -0.2) is 0 Å². The van der Waals surface area contributed by atoms with Crippen LogP contribution in [0.5, 0.6) is 0 Å². The topological polar surface area (TPSA) is 15.3 Å². The number of anilines is 1. The molecule has 1 atom stereocenters. The number of nitrogens with one attached hydrogen (secondary N) is 1. The van der Waals surface area contributed by atoms with Gasteiger partial charge in [-0.2, -0.15) is 0 Å². The molecule has 106 valence electrons. The van der Waals surface area contributed by atoms with E-state index in [1.807, 2.05) is 7.05 Å². The summed E-state index contributed by atoms with van der Waals surface area (Å²) in [6, 6.07) is 4.45. The van der Waals surface area contributed by atoms with Gasteiger partial charge in [0.15, 0.2) is 0 Å². The number of benzene rings is 1. The van der Waals surface area contributed by atoms with Crippen LogP contribution in [-0.4, -0.2) is 19.1 Å². The van der Waals surface area contributed by atoms with Gasteiger partial charge in [0.2, 0.25) is 0 Å². The number of halogens is 1. The van der Waals surface area contributed by atoms with Gasteiger partial charge in [-0.3, -0.25) is 0 Å². The highest BCUT2D eigenvalue weighted by Crippen LogP contribution is 2.44. The number of nitrogens with zero attached hydrogens (tertiary/aromatic N) is 1. The Morgan fingerprint density at radius 3 is 2.68 bits per heavy atom. The summed E-state index contributed by atoms with van der Waals surface area (Å²) >= 11 is 6.44. The molecule has 0 bridgehead atoms. The molecule has 2 nitrogen and oxygen atoms in total. The summed E-state index contributed by atoms with van der Waals surface area (Å²) in [4.78, 5) is 2.48. The van der Waals surface area contributed by atoms with E-state index >= 15 is 0 Å². The summed E-state index contributed by atoms with van der Waals surface area (Å²) in [6.07, 6.45) is 1.19. The summed E-state index contributed by atoms with van der Waals surface area (Å²) in [5, 5.41) is 4.06. The van der Waals surface area contributed by atoms with Gasteiger partial charge in [-0.05, 0) is 57.4 Å².